The number of thioether (sulfide) groups is 1. The molecule has 1 aliphatic rings. The smallest absolute Gasteiger partial charge is 0.279 e. The van der Waals surface area contributed by atoms with E-state index in [1.165, 1.54) is 14.2 Å². The molecular formula is C25H26N2O6S. The minimum atomic E-state index is -0.621. The van der Waals surface area contributed by atoms with Crippen molar-refractivity contribution in [2.45, 2.75) is 26.7 Å². The number of aliphatic imine (C=N–C) groups is 1. The molecular weight excluding hydrogens is 456 g/mol. The number of rotatable bonds is 5. The Bertz CT molecular complexity index is 1150. The predicted molar refractivity (Wildman–Crippen MR) is 130 cm³/mol. The number of aliphatic hydroxyl groups is 1. The van der Waals surface area contributed by atoms with E-state index in [-0.39, 0.29) is 39.0 Å². The number of nitrogens with one attached hydrogen (secondary N) is 1. The third-order valence-electron chi connectivity index (χ3n) is 5.11. The molecule has 0 spiro atoms. The first-order valence-corrected chi connectivity index (χ1v) is 11.3. The number of carbonyl (C=O) groups excluding carboxylic acids is 3. The number of carbonyl (C=O) groups is 3. The van der Waals surface area contributed by atoms with Crippen molar-refractivity contribution in [2.75, 3.05) is 14.2 Å². The van der Waals surface area contributed by atoms with Crippen LogP contribution in [-0.4, -0.2) is 42.1 Å². The van der Waals surface area contributed by atoms with Crippen LogP contribution in [0, 0.1) is 5.41 Å². The summed E-state index contributed by atoms with van der Waals surface area (Å²) in [6.07, 6.45) is 0.527. The number of amides is 2. The number of nitrogens with zero attached hydrogens (tertiary/aromatic N) is 1. The van der Waals surface area contributed by atoms with Gasteiger partial charge in [-0.05, 0) is 65.7 Å². The molecule has 3 rings (SSSR count). The average molecular weight is 483 g/mol. The fourth-order valence-corrected chi connectivity index (χ4v) is 4.20. The molecule has 1 aliphatic carbocycles. The van der Waals surface area contributed by atoms with Crippen molar-refractivity contribution >= 4 is 34.5 Å². The molecule has 8 nitrogen and oxygen atoms in total. The van der Waals surface area contributed by atoms with Crippen LogP contribution in [-0.2, 0) is 4.79 Å². The SMILES string of the molecule is COc1ccc(C(=O)N=C(NC(=O)c2ccc(OC)cc2)SC2=C(O)CC(C)(C)CC2=O)cc1. The van der Waals surface area contributed by atoms with E-state index in [2.05, 4.69) is 10.3 Å². The van der Waals surface area contributed by atoms with Crippen molar-refractivity contribution < 1.29 is 29.0 Å². The number of Topliss-reactive ketones (excluding diaryl/α,β-unsaturated/α-hetero) is 1. The van der Waals surface area contributed by atoms with Crippen LogP contribution < -0.4 is 14.8 Å². The van der Waals surface area contributed by atoms with E-state index in [0.717, 1.165) is 11.8 Å². The maximum atomic E-state index is 12.8. The summed E-state index contributed by atoms with van der Waals surface area (Å²) in [5.74, 6) is -0.353. The van der Waals surface area contributed by atoms with E-state index in [1.54, 1.807) is 48.5 Å². The molecule has 9 heteroatoms. The molecule has 2 N–H and O–H groups in total. The zero-order valence-corrected chi connectivity index (χ0v) is 20.2. The Kier molecular flexibility index (Phi) is 7.78. The maximum Gasteiger partial charge on any atom is 0.279 e. The van der Waals surface area contributed by atoms with Crippen molar-refractivity contribution in [3.8, 4) is 11.5 Å². The summed E-state index contributed by atoms with van der Waals surface area (Å²) < 4.78 is 10.2. The molecule has 2 amide bonds. The van der Waals surface area contributed by atoms with Crippen molar-refractivity contribution in [1.82, 2.24) is 5.32 Å². The normalized spacial score (nSPS) is 15.6. The van der Waals surface area contributed by atoms with E-state index in [0.29, 0.717) is 23.5 Å². The molecule has 0 aromatic heterocycles. The lowest BCUT2D eigenvalue weighted by molar-refractivity contribution is -0.117. The highest BCUT2D eigenvalue weighted by atomic mass is 32.2. The number of aliphatic hydroxyl groups excluding tert-OH is 1. The minimum Gasteiger partial charge on any atom is -0.511 e. The van der Waals surface area contributed by atoms with Crippen LogP contribution in [0.3, 0.4) is 0 Å². The highest BCUT2D eigenvalue weighted by Crippen LogP contribution is 2.39. The zero-order valence-electron chi connectivity index (χ0n) is 19.4. The molecule has 0 saturated carbocycles. The first-order chi connectivity index (χ1) is 16.1. The summed E-state index contributed by atoms with van der Waals surface area (Å²) in [6.45, 7) is 3.77. The van der Waals surface area contributed by atoms with Crippen molar-refractivity contribution in [3.05, 3.63) is 70.3 Å². The summed E-state index contributed by atoms with van der Waals surface area (Å²) in [5, 5.41) is 13.0. The monoisotopic (exact) mass is 482 g/mol. The summed E-state index contributed by atoms with van der Waals surface area (Å²) in [5.41, 5.74) is 0.195. The third-order valence-corrected chi connectivity index (χ3v) is 6.17. The van der Waals surface area contributed by atoms with Crippen molar-refractivity contribution in [1.29, 1.82) is 0 Å². The number of ketones is 1. The van der Waals surface area contributed by atoms with Crippen molar-refractivity contribution in [2.24, 2.45) is 10.4 Å². The molecule has 178 valence electrons. The number of hydrogen-bond donors (Lipinski definition) is 2. The molecule has 0 saturated heterocycles. The number of methoxy groups -OCH3 is 2. The molecule has 0 fully saturated rings. The van der Waals surface area contributed by atoms with Crippen LogP contribution in [0.4, 0.5) is 0 Å². The molecule has 0 bridgehead atoms. The average Bonchev–Trinajstić information content (AvgIpc) is 2.80. The van der Waals surface area contributed by atoms with Gasteiger partial charge in [0, 0.05) is 24.0 Å². The standard InChI is InChI=1S/C25H26N2O6S/c1-25(2)13-19(28)21(20(29)14-25)34-24(26-22(30)15-5-9-17(32-3)10-6-15)27-23(31)16-7-11-18(33-4)12-8-16/h5-12,28H,13-14H2,1-4H3,(H,26,27,30,31). The quantitative estimate of drug-likeness (QED) is 0.476. The lowest BCUT2D eigenvalue weighted by Gasteiger charge is -2.29. The van der Waals surface area contributed by atoms with Crippen molar-refractivity contribution in [3.63, 3.8) is 0 Å². The Morgan fingerprint density at radius 2 is 1.47 bits per heavy atom. The van der Waals surface area contributed by atoms with E-state index in [9.17, 15) is 19.5 Å². The largest absolute Gasteiger partial charge is 0.511 e. The van der Waals surface area contributed by atoms with Gasteiger partial charge in [-0.15, -0.1) is 0 Å². The van der Waals surface area contributed by atoms with Gasteiger partial charge in [-0.1, -0.05) is 13.8 Å². The number of amidine groups is 1. The Labute approximate surface area is 202 Å². The summed E-state index contributed by atoms with van der Waals surface area (Å²) in [4.78, 5) is 42.4. The number of ether oxygens (including phenoxy) is 2. The van der Waals surface area contributed by atoms with Gasteiger partial charge in [0.1, 0.15) is 17.3 Å². The highest BCUT2D eigenvalue weighted by molar-refractivity contribution is 8.18. The molecule has 34 heavy (non-hydrogen) atoms. The number of allylic oxidation sites excluding steroid dienone is 2. The number of benzene rings is 2. The van der Waals surface area contributed by atoms with Gasteiger partial charge in [-0.3, -0.25) is 14.4 Å². The second kappa shape index (κ2) is 10.6. The second-order valence-corrected chi connectivity index (χ2v) is 9.45. The third kappa shape index (κ3) is 6.26. The lowest BCUT2D eigenvalue weighted by atomic mass is 9.79. The van der Waals surface area contributed by atoms with Gasteiger partial charge in [-0.2, -0.15) is 4.99 Å². The van der Waals surface area contributed by atoms with Crippen LogP contribution in [0.1, 0.15) is 47.4 Å². The van der Waals surface area contributed by atoms with Crippen LogP contribution in [0.25, 0.3) is 0 Å². The molecule has 0 heterocycles. The summed E-state index contributed by atoms with van der Waals surface area (Å²) in [7, 11) is 3.03. The van der Waals surface area contributed by atoms with Gasteiger partial charge in [0.25, 0.3) is 11.8 Å². The molecule has 0 radical (unpaired) electrons. The van der Waals surface area contributed by atoms with Crippen LogP contribution >= 0.6 is 11.8 Å². The Balaban J connectivity index is 1.91. The van der Waals surface area contributed by atoms with Crippen LogP contribution in [0.15, 0.2) is 64.2 Å². The Hall–Kier alpha value is -3.59. The van der Waals surface area contributed by atoms with E-state index in [1.807, 2.05) is 13.8 Å². The predicted octanol–water partition coefficient (Wildman–Crippen LogP) is 4.52. The molecule has 2 aromatic rings. The topological polar surface area (TPSA) is 114 Å². The second-order valence-electron chi connectivity index (χ2n) is 8.45. The Morgan fingerprint density at radius 3 is 1.97 bits per heavy atom. The fraction of sp³-hybridized carbons (Fsp3) is 0.280. The van der Waals surface area contributed by atoms with Gasteiger partial charge in [-0.25, -0.2) is 0 Å². The summed E-state index contributed by atoms with van der Waals surface area (Å²) >= 11 is 0.772. The number of hydrogen-bond acceptors (Lipinski definition) is 7. The lowest BCUT2D eigenvalue weighted by Crippen LogP contribution is -2.31. The Morgan fingerprint density at radius 1 is 0.941 bits per heavy atom. The maximum absolute atomic E-state index is 12.8. The molecule has 0 unspecified atom stereocenters. The van der Waals surface area contributed by atoms with Gasteiger partial charge in [0.2, 0.25) is 0 Å². The van der Waals surface area contributed by atoms with Crippen LogP contribution in [0.2, 0.25) is 0 Å². The van der Waals surface area contributed by atoms with E-state index < -0.39 is 11.8 Å². The first-order valence-electron chi connectivity index (χ1n) is 10.5. The van der Waals surface area contributed by atoms with Gasteiger partial charge < -0.3 is 19.9 Å². The molecule has 0 aliphatic heterocycles. The van der Waals surface area contributed by atoms with E-state index in [4.69, 9.17) is 9.47 Å². The minimum absolute atomic E-state index is 0.0654. The highest BCUT2D eigenvalue weighted by Gasteiger charge is 2.34. The van der Waals surface area contributed by atoms with Gasteiger partial charge >= 0.3 is 0 Å². The summed E-state index contributed by atoms with van der Waals surface area (Å²) in [6, 6.07) is 12.7. The first kappa shape index (κ1) is 25.0. The molecule has 0 atom stereocenters. The van der Waals surface area contributed by atoms with E-state index >= 15 is 0 Å². The van der Waals surface area contributed by atoms with Gasteiger partial charge in [0.05, 0.1) is 19.1 Å². The van der Waals surface area contributed by atoms with Gasteiger partial charge in [0.15, 0.2) is 11.0 Å². The zero-order chi connectivity index (χ0) is 24.9. The fourth-order valence-electron chi connectivity index (χ4n) is 3.36. The molecule has 2 aromatic carbocycles. The van der Waals surface area contributed by atoms with Crippen LogP contribution in [0.5, 0.6) is 11.5 Å².